The van der Waals surface area contributed by atoms with Crippen molar-refractivity contribution < 1.29 is 4.39 Å². The second kappa shape index (κ2) is 7.75. The molecule has 0 unspecified atom stereocenters. The van der Waals surface area contributed by atoms with E-state index in [1.807, 2.05) is 25.1 Å². The minimum atomic E-state index is -0.268. The van der Waals surface area contributed by atoms with Crippen LogP contribution in [0.15, 0.2) is 60.7 Å². The molecule has 0 bridgehead atoms. The van der Waals surface area contributed by atoms with Crippen molar-refractivity contribution in [2.45, 2.75) is 32.6 Å². The fourth-order valence-electron chi connectivity index (χ4n) is 3.12. The Kier molecular flexibility index (Phi) is 5.01. The van der Waals surface area contributed by atoms with Crippen LogP contribution in [0.3, 0.4) is 0 Å². The van der Waals surface area contributed by atoms with Gasteiger partial charge in [0.25, 0.3) is 0 Å². The molecule has 0 aromatic heterocycles. The number of halogens is 1. The molecule has 1 aliphatic carbocycles. The highest BCUT2D eigenvalue weighted by atomic mass is 19.1. The molecule has 0 amide bonds. The van der Waals surface area contributed by atoms with E-state index in [2.05, 4.69) is 60.9 Å². The Balaban J connectivity index is 1.63. The molecule has 28 heavy (non-hydrogen) atoms. The fourth-order valence-corrected chi connectivity index (χ4v) is 3.12. The van der Waals surface area contributed by atoms with Crippen LogP contribution in [0, 0.1) is 43.3 Å². The third-order valence-electron chi connectivity index (χ3n) is 4.93. The first-order chi connectivity index (χ1) is 13.6. The smallest absolute Gasteiger partial charge is 0.139 e. The van der Waals surface area contributed by atoms with Crippen LogP contribution in [0.5, 0.6) is 0 Å². The third kappa shape index (κ3) is 4.33. The Hall–Kier alpha value is -3.29. The summed E-state index contributed by atoms with van der Waals surface area (Å²) in [5.41, 5.74) is 6.81. The molecule has 136 valence electrons. The van der Waals surface area contributed by atoms with Crippen molar-refractivity contribution in [3.8, 4) is 23.7 Å². The van der Waals surface area contributed by atoms with Crippen LogP contribution in [-0.2, 0) is 0 Å². The molecule has 0 saturated heterocycles. The number of rotatable bonds is 1. The Morgan fingerprint density at radius 2 is 1.29 bits per heavy atom. The lowest BCUT2D eigenvalue weighted by Crippen LogP contribution is -1.90. The van der Waals surface area contributed by atoms with Gasteiger partial charge in [0.1, 0.15) is 5.82 Å². The summed E-state index contributed by atoms with van der Waals surface area (Å²) in [6, 6.07) is 19.5. The van der Waals surface area contributed by atoms with Crippen LogP contribution in [0.4, 0.5) is 4.39 Å². The van der Waals surface area contributed by atoms with Crippen LogP contribution < -0.4 is 0 Å². The lowest BCUT2D eigenvalue weighted by molar-refractivity contribution is 0.623. The molecule has 0 aliphatic heterocycles. The van der Waals surface area contributed by atoms with Gasteiger partial charge in [0.2, 0.25) is 0 Å². The fraction of sp³-hybridized carbons (Fsp3) is 0.185. The molecule has 1 fully saturated rings. The lowest BCUT2D eigenvalue weighted by Gasteiger charge is -2.04. The van der Waals surface area contributed by atoms with Gasteiger partial charge in [-0.2, -0.15) is 0 Å². The van der Waals surface area contributed by atoms with Crippen molar-refractivity contribution >= 4 is 0 Å². The molecule has 3 aromatic carbocycles. The van der Waals surface area contributed by atoms with Crippen molar-refractivity contribution in [1.29, 1.82) is 0 Å². The summed E-state index contributed by atoms with van der Waals surface area (Å²) in [7, 11) is 0. The molecular formula is C27H21F. The molecule has 0 radical (unpaired) electrons. The normalized spacial score (nSPS) is 12.5. The summed E-state index contributed by atoms with van der Waals surface area (Å²) in [6.07, 6.45) is 2.39. The Bertz CT molecular complexity index is 1140. The van der Waals surface area contributed by atoms with E-state index in [0.717, 1.165) is 22.3 Å². The zero-order valence-electron chi connectivity index (χ0n) is 16.1. The number of benzene rings is 3. The van der Waals surface area contributed by atoms with Crippen molar-refractivity contribution in [2.75, 3.05) is 0 Å². The highest BCUT2D eigenvalue weighted by molar-refractivity contribution is 5.53. The molecule has 1 heteroatoms. The zero-order chi connectivity index (χ0) is 19.5. The first-order valence-electron chi connectivity index (χ1n) is 9.59. The first kappa shape index (κ1) is 18.1. The van der Waals surface area contributed by atoms with Gasteiger partial charge in [-0.15, -0.1) is 0 Å². The molecule has 3 aromatic rings. The average Bonchev–Trinajstić information content (AvgIpc) is 3.52. The Morgan fingerprint density at radius 3 is 2.00 bits per heavy atom. The lowest BCUT2D eigenvalue weighted by atomic mass is 10.00. The summed E-state index contributed by atoms with van der Waals surface area (Å²) < 4.78 is 14.0. The minimum Gasteiger partial charge on any atom is -0.206 e. The predicted molar refractivity (Wildman–Crippen MR) is 113 cm³/mol. The molecule has 0 nitrogen and oxygen atoms in total. The van der Waals surface area contributed by atoms with E-state index in [4.69, 9.17) is 0 Å². The van der Waals surface area contributed by atoms with Crippen molar-refractivity contribution in [1.82, 2.24) is 0 Å². The van der Waals surface area contributed by atoms with E-state index >= 15 is 0 Å². The van der Waals surface area contributed by atoms with Gasteiger partial charge in [0.15, 0.2) is 0 Å². The maximum absolute atomic E-state index is 14.0. The number of hydrogen-bond acceptors (Lipinski definition) is 0. The van der Waals surface area contributed by atoms with Crippen LogP contribution >= 0.6 is 0 Å². The van der Waals surface area contributed by atoms with Gasteiger partial charge < -0.3 is 0 Å². The molecule has 1 aliphatic rings. The van der Waals surface area contributed by atoms with Crippen LogP contribution in [0.1, 0.15) is 57.7 Å². The molecule has 0 heterocycles. The van der Waals surface area contributed by atoms with Gasteiger partial charge >= 0.3 is 0 Å². The van der Waals surface area contributed by atoms with E-state index in [-0.39, 0.29) is 5.82 Å². The Morgan fingerprint density at radius 1 is 0.679 bits per heavy atom. The van der Waals surface area contributed by atoms with E-state index in [1.165, 1.54) is 30.0 Å². The first-order valence-corrected chi connectivity index (χ1v) is 9.59. The second-order valence-electron chi connectivity index (χ2n) is 7.43. The van der Waals surface area contributed by atoms with E-state index in [0.29, 0.717) is 11.5 Å². The van der Waals surface area contributed by atoms with Gasteiger partial charge in [0, 0.05) is 16.7 Å². The quantitative estimate of drug-likeness (QED) is 0.456. The van der Waals surface area contributed by atoms with E-state index in [1.54, 1.807) is 6.07 Å². The maximum Gasteiger partial charge on any atom is 0.139 e. The molecule has 0 spiro atoms. The van der Waals surface area contributed by atoms with Gasteiger partial charge in [-0.05, 0) is 86.2 Å². The summed E-state index contributed by atoms with van der Waals surface area (Å²) in [6.45, 7) is 3.95. The molecular weight excluding hydrogens is 343 g/mol. The van der Waals surface area contributed by atoms with Gasteiger partial charge in [-0.3, -0.25) is 0 Å². The second-order valence-corrected chi connectivity index (χ2v) is 7.43. The Labute approximate surface area is 166 Å². The predicted octanol–water partition coefficient (Wildman–Crippen LogP) is 6.12. The molecule has 0 atom stereocenters. The summed E-state index contributed by atoms with van der Waals surface area (Å²) in [5.74, 6) is 13.0. The SMILES string of the molecule is Cc1ccc(C#Cc2ccc(C#Cc3ccc(C)cc3F)cc2C2CC2)cc1. The summed E-state index contributed by atoms with van der Waals surface area (Å²) in [5, 5.41) is 0. The highest BCUT2D eigenvalue weighted by Crippen LogP contribution is 2.41. The van der Waals surface area contributed by atoms with E-state index < -0.39 is 0 Å². The van der Waals surface area contributed by atoms with Gasteiger partial charge in [0.05, 0.1) is 5.56 Å². The van der Waals surface area contributed by atoms with Gasteiger partial charge in [-0.25, -0.2) is 4.39 Å². The van der Waals surface area contributed by atoms with Gasteiger partial charge in [-0.1, -0.05) is 47.4 Å². The third-order valence-corrected chi connectivity index (χ3v) is 4.93. The monoisotopic (exact) mass is 364 g/mol. The molecule has 0 N–H and O–H groups in total. The zero-order valence-corrected chi connectivity index (χ0v) is 16.1. The highest BCUT2D eigenvalue weighted by Gasteiger charge is 2.25. The largest absolute Gasteiger partial charge is 0.206 e. The van der Waals surface area contributed by atoms with Crippen molar-refractivity contribution in [3.63, 3.8) is 0 Å². The standard InChI is InChI=1S/C27H21F/c1-19-3-6-21(7-4-19)8-12-23-13-9-22(18-26(23)24-15-16-24)10-14-25-11-5-20(2)17-27(25)28/h3-7,9,11,13,17-18,24H,15-16H2,1-2H3. The minimum absolute atomic E-state index is 0.268. The van der Waals surface area contributed by atoms with Crippen LogP contribution in [0.25, 0.3) is 0 Å². The number of aryl methyl sites for hydroxylation is 2. The molecule has 1 saturated carbocycles. The topological polar surface area (TPSA) is 0 Å². The van der Waals surface area contributed by atoms with E-state index in [9.17, 15) is 4.39 Å². The number of hydrogen-bond donors (Lipinski definition) is 0. The summed E-state index contributed by atoms with van der Waals surface area (Å²) in [4.78, 5) is 0. The van der Waals surface area contributed by atoms with Crippen LogP contribution in [-0.4, -0.2) is 0 Å². The van der Waals surface area contributed by atoms with Crippen molar-refractivity contribution in [3.05, 3.63) is 105 Å². The average molecular weight is 364 g/mol. The molecule has 4 rings (SSSR count). The maximum atomic E-state index is 14.0. The van der Waals surface area contributed by atoms with Crippen LogP contribution in [0.2, 0.25) is 0 Å². The summed E-state index contributed by atoms with van der Waals surface area (Å²) >= 11 is 0. The van der Waals surface area contributed by atoms with Crippen molar-refractivity contribution in [2.24, 2.45) is 0 Å².